The third kappa shape index (κ3) is 5.11. The van der Waals surface area contributed by atoms with E-state index < -0.39 is 0 Å². The molecule has 1 amide bonds. The number of nitrogens with zero attached hydrogens (tertiary/aromatic N) is 3. The summed E-state index contributed by atoms with van der Waals surface area (Å²) < 4.78 is 1.61. The van der Waals surface area contributed by atoms with Crippen molar-refractivity contribution in [3.05, 3.63) is 27.1 Å². The van der Waals surface area contributed by atoms with Crippen LogP contribution in [0, 0.1) is 5.92 Å². The molecule has 0 aromatic carbocycles. The molecule has 2 aliphatic rings. The standard InChI is InChI=1S/C23H34N4O2S/c1-17-7-6-13-26(15-17)12-5-4-11-24-20(28)10-14-27-16-25-22-21(23(27)29)18-8-2-3-9-19(18)30-22/h16-17H,2-15H2,1H3,(H,24,28). The minimum atomic E-state index is 0.0148. The average Bonchev–Trinajstić information content (AvgIpc) is 3.12. The number of hydrogen-bond acceptors (Lipinski definition) is 5. The Hall–Kier alpha value is -1.73. The van der Waals surface area contributed by atoms with Crippen molar-refractivity contribution in [2.24, 2.45) is 5.92 Å². The van der Waals surface area contributed by atoms with Crippen LogP contribution in [0.3, 0.4) is 0 Å². The Morgan fingerprint density at radius 2 is 2.10 bits per heavy atom. The minimum Gasteiger partial charge on any atom is -0.356 e. The van der Waals surface area contributed by atoms with Crippen molar-refractivity contribution in [1.82, 2.24) is 19.8 Å². The molecule has 6 nitrogen and oxygen atoms in total. The highest BCUT2D eigenvalue weighted by Gasteiger charge is 2.20. The van der Waals surface area contributed by atoms with Gasteiger partial charge in [0.2, 0.25) is 5.91 Å². The SMILES string of the molecule is CC1CCCN(CCCCNC(=O)CCn2cnc3sc4c(c3c2=O)CCCC4)C1. The van der Waals surface area contributed by atoms with Crippen LogP contribution < -0.4 is 10.9 Å². The van der Waals surface area contributed by atoms with Gasteiger partial charge in [0.15, 0.2) is 0 Å². The first-order valence-corrected chi connectivity index (χ1v) is 12.4. The van der Waals surface area contributed by atoms with Gasteiger partial charge in [-0.2, -0.15) is 0 Å². The van der Waals surface area contributed by atoms with E-state index in [-0.39, 0.29) is 11.5 Å². The Kier molecular flexibility index (Phi) is 7.20. The Morgan fingerprint density at radius 3 is 2.97 bits per heavy atom. The van der Waals surface area contributed by atoms with Crippen LogP contribution >= 0.6 is 11.3 Å². The molecule has 30 heavy (non-hydrogen) atoms. The molecule has 0 spiro atoms. The topological polar surface area (TPSA) is 67.2 Å². The van der Waals surface area contributed by atoms with Crippen LogP contribution in [0.2, 0.25) is 0 Å². The second kappa shape index (κ2) is 10.1. The molecule has 0 saturated carbocycles. The van der Waals surface area contributed by atoms with Gasteiger partial charge in [0.1, 0.15) is 4.83 Å². The van der Waals surface area contributed by atoms with Crippen LogP contribution in [0.4, 0.5) is 0 Å². The Labute approximate surface area is 182 Å². The number of nitrogens with one attached hydrogen (secondary N) is 1. The van der Waals surface area contributed by atoms with E-state index in [0.29, 0.717) is 19.5 Å². The molecule has 2 aromatic heterocycles. The third-order valence-corrected chi connectivity index (χ3v) is 7.69. The number of carbonyl (C=O) groups excluding carboxylic acids is 1. The van der Waals surface area contributed by atoms with Crippen LogP contribution in [0.15, 0.2) is 11.1 Å². The van der Waals surface area contributed by atoms with Crippen LogP contribution in [0.25, 0.3) is 10.2 Å². The molecule has 1 saturated heterocycles. The molecule has 0 radical (unpaired) electrons. The van der Waals surface area contributed by atoms with E-state index in [1.165, 1.54) is 42.8 Å². The van der Waals surface area contributed by atoms with Gasteiger partial charge in [0, 0.05) is 30.9 Å². The molecule has 7 heteroatoms. The lowest BCUT2D eigenvalue weighted by Crippen LogP contribution is -2.35. The fourth-order valence-corrected chi connectivity index (χ4v) is 6.05. The van der Waals surface area contributed by atoms with Crippen molar-refractivity contribution in [3.63, 3.8) is 0 Å². The smallest absolute Gasteiger partial charge is 0.262 e. The zero-order valence-electron chi connectivity index (χ0n) is 18.1. The number of likely N-dealkylation sites (tertiary alicyclic amines) is 1. The molecule has 1 unspecified atom stereocenters. The number of fused-ring (bicyclic) bond motifs is 3. The van der Waals surface area contributed by atoms with E-state index in [2.05, 4.69) is 22.1 Å². The normalized spacial score (nSPS) is 19.7. The molecule has 1 aliphatic carbocycles. The molecule has 1 fully saturated rings. The highest BCUT2D eigenvalue weighted by molar-refractivity contribution is 7.18. The Bertz CT molecular complexity index is 935. The van der Waals surface area contributed by atoms with Crippen molar-refractivity contribution < 1.29 is 4.79 Å². The van der Waals surface area contributed by atoms with Gasteiger partial charge in [-0.1, -0.05) is 6.92 Å². The predicted octanol–water partition coefficient (Wildman–Crippen LogP) is 3.36. The lowest BCUT2D eigenvalue weighted by atomic mass is 9.97. The quantitative estimate of drug-likeness (QED) is 0.652. The number of thiophene rings is 1. The second-order valence-electron chi connectivity index (χ2n) is 8.99. The van der Waals surface area contributed by atoms with Gasteiger partial charge in [0.25, 0.3) is 5.56 Å². The number of piperidine rings is 1. The van der Waals surface area contributed by atoms with Gasteiger partial charge < -0.3 is 10.2 Å². The number of unbranched alkanes of at least 4 members (excludes halogenated alkanes) is 1. The monoisotopic (exact) mass is 430 g/mol. The maximum absolute atomic E-state index is 12.9. The van der Waals surface area contributed by atoms with E-state index in [1.807, 2.05) is 0 Å². The molecular formula is C23H34N4O2S. The lowest BCUT2D eigenvalue weighted by Gasteiger charge is -2.30. The minimum absolute atomic E-state index is 0.0148. The van der Waals surface area contributed by atoms with E-state index in [1.54, 1.807) is 22.2 Å². The molecule has 3 heterocycles. The average molecular weight is 431 g/mol. The van der Waals surface area contributed by atoms with Gasteiger partial charge in [-0.05, 0) is 75.9 Å². The van der Waals surface area contributed by atoms with Crippen molar-refractivity contribution in [2.45, 2.75) is 71.3 Å². The van der Waals surface area contributed by atoms with Gasteiger partial charge in [-0.3, -0.25) is 14.2 Å². The third-order valence-electron chi connectivity index (χ3n) is 6.49. The summed E-state index contributed by atoms with van der Waals surface area (Å²) in [5.41, 5.74) is 1.23. The maximum atomic E-state index is 12.9. The molecular weight excluding hydrogens is 396 g/mol. The van der Waals surface area contributed by atoms with Crippen molar-refractivity contribution >= 4 is 27.5 Å². The molecule has 1 aliphatic heterocycles. The number of aryl methyl sites for hydroxylation is 3. The van der Waals surface area contributed by atoms with E-state index >= 15 is 0 Å². The zero-order valence-corrected chi connectivity index (χ0v) is 18.9. The number of hydrogen-bond donors (Lipinski definition) is 1. The van der Waals surface area contributed by atoms with Crippen LogP contribution in [0.1, 0.15) is 62.3 Å². The van der Waals surface area contributed by atoms with Crippen LogP contribution in [-0.4, -0.2) is 46.5 Å². The highest BCUT2D eigenvalue weighted by Crippen LogP contribution is 2.33. The first-order chi connectivity index (χ1) is 14.6. The van der Waals surface area contributed by atoms with Gasteiger partial charge in [-0.25, -0.2) is 4.98 Å². The number of carbonyl (C=O) groups is 1. The molecule has 2 aromatic rings. The van der Waals surface area contributed by atoms with E-state index in [4.69, 9.17) is 0 Å². The molecule has 1 atom stereocenters. The zero-order chi connectivity index (χ0) is 20.9. The van der Waals surface area contributed by atoms with Crippen molar-refractivity contribution in [1.29, 1.82) is 0 Å². The summed E-state index contributed by atoms with van der Waals surface area (Å²) >= 11 is 1.67. The first-order valence-electron chi connectivity index (χ1n) is 11.6. The van der Waals surface area contributed by atoms with Gasteiger partial charge >= 0.3 is 0 Å². The summed E-state index contributed by atoms with van der Waals surface area (Å²) in [7, 11) is 0. The Morgan fingerprint density at radius 1 is 1.23 bits per heavy atom. The van der Waals surface area contributed by atoms with Crippen molar-refractivity contribution in [3.8, 4) is 0 Å². The van der Waals surface area contributed by atoms with E-state index in [9.17, 15) is 9.59 Å². The summed E-state index contributed by atoms with van der Waals surface area (Å²) in [6.07, 6.45) is 11.1. The number of aromatic nitrogens is 2. The molecule has 1 N–H and O–H groups in total. The first kappa shape index (κ1) is 21.5. The highest BCUT2D eigenvalue weighted by atomic mass is 32.1. The fourth-order valence-electron chi connectivity index (χ4n) is 4.83. The fraction of sp³-hybridized carbons (Fsp3) is 0.696. The lowest BCUT2D eigenvalue weighted by molar-refractivity contribution is -0.121. The van der Waals surface area contributed by atoms with Crippen molar-refractivity contribution in [2.75, 3.05) is 26.2 Å². The van der Waals surface area contributed by atoms with Gasteiger partial charge in [-0.15, -0.1) is 11.3 Å². The molecule has 4 rings (SSSR count). The van der Waals surface area contributed by atoms with Crippen LogP contribution in [-0.2, 0) is 24.2 Å². The molecule has 164 valence electrons. The summed E-state index contributed by atoms with van der Waals surface area (Å²) in [5.74, 6) is 0.830. The summed E-state index contributed by atoms with van der Waals surface area (Å²) in [4.78, 5) is 34.4. The van der Waals surface area contributed by atoms with Gasteiger partial charge in [0.05, 0.1) is 11.7 Å². The predicted molar refractivity (Wildman–Crippen MR) is 122 cm³/mol. The summed E-state index contributed by atoms with van der Waals surface area (Å²) in [6, 6.07) is 0. The summed E-state index contributed by atoms with van der Waals surface area (Å²) in [5, 5.41) is 3.81. The largest absolute Gasteiger partial charge is 0.356 e. The Balaban J connectivity index is 1.22. The number of amides is 1. The maximum Gasteiger partial charge on any atom is 0.262 e. The summed E-state index contributed by atoms with van der Waals surface area (Å²) in [6.45, 7) is 7.00. The van der Waals surface area contributed by atoms with Crippen LogP contribution in [0.5, 0.6) is 0 Å². The van der Waals surface area contributed by atoms with E-state index in [0.717, 1.165) is 54.8 Å². The second-order valence-corrected chi connectivity index (χ2v) is 10.1. The molecule has 0 bridgehead atoms. The number of rotatable bonds is 8.